The Morgan fingerprint density at radius 1 is 1.24 bits per heavy atom. The molecule has 4 bridgehead atoms. The van der Waals surface area contributed by atoms with E-state index >= 15 is 0 Å². The van der Waals surface area contributed by atoms with Crippen molar-refractivity contribution in [2.75, 3.05) is 7.11 Å². The topological polar surface area (TPSA) is 62.7 Å². The number of hydrogen-bond donors (Lipinski definition) is 2. The number of rotatable bonds is 4. The molecule has 0 saturated heterocycles. The minimum Gasteiger partial charge on any atom is -0.496 e. The number of amides is 2. The van der Waals surface area contributed by atoms with Crippen molar-refractivity contribution < 1.29 is 9.53 Å². The van der Waals surface area contributed by atoms with Crippen LogP contribution in [0, 0.1) is 17.8 Å². The van der Waals surface area contributed by atoms with Gasteiger partial charge in [0.25, 0.3) is 0 Å². The van der Waals surface area contributed by atoms with Crippen LogP contribution >= 0.6 is 15.9 Å². The summed E-state index contributed by atoms with van der Waals surface area (Å²) in [5.74, 6) is 3.14. The normalized spacial score (nSPS) is 32.8. The summed E-state index contributed by atoms with van der Waals surface area (Å²) in [4.78, 5) is 12.4. The van der Waals surface area contributed by atoms with Crippen LogP contribution in [-0.4, -0.2) is 24.9 Å². The van der Waals surface area contributed by atoms with E-state index in [2.05, 4.69) is 31.8 Å². The molecule has 0 atom stereocenters. The third kappa shape index (κ3) is 3.54. The molecule has 0 aliphatic heterocycles. The molecule has 4 saturated carbocycles. The van der Waals surface area contributed by atoms with Crippen LogP contribution in [0.4, 0.5) is 4.79 Å². The number of hydrogen-bond acceptors (Lipinski definition) is 3. The lowest BCUT2D eigenvalue weighted by Gasteiger charge is -2.56. The third-order valence-electron chi connectivity index (χ3n) is 5.98. The number of hydrazone groups is 1. The van der Waals surface area contributed by atoms with Gasteiger partial charge in [-0.15, -0.1) is 0 Å². The van der Waals surface area contributed by atoms with Gasteiger partial charge >= 0.3 is 6.03 Å². The van der Waals surface area contributed by atoms with Crippen LogP contribution in [0.5, 0.6) is 5.75 Å². The van der Waals surface area contributed by atoms with Crippen LogP contribution in [0.2, 0.25) is 0 Å². The maximum absolute atomic E-state index is 12.4. The van der Waals surface area contributed by atoms with Gasteiger partial charge in [-0.2, -0.15) is 5.10 Å². The summed E-state index contributed by atoms with van der Waals surface area (Å²) < 4.78 is 6.25. The summed E-state index contributed by atoms with van der Waals surface area (Å²) in [5.41, 5.74) is 3.44. The zero-order chi connectivity index (χ0) is 17.4. The number of methoxy groups -OCH3 is 1. The van der Waals surface area contributed by atoms with Gasteiger partial charge in [-0.3, -0.25) is 0 Å². The molecule has 5 rings (SSSR count). The molecule has 0 unspecified atom stereocenters. The zero-order valence-corrected chi connectivity index (χ0v) is 16.0. The number of ether oxygens (including phenoxy) is 1. The lowest BCUT2D eigenvalue weighted by atomic mass is 9.53. The van der Waals surface area contributed by atoms with Crippen LogP contribution in [0.15, 0.2) is 27.8 Å². The Morgan fingerprint density at radius 3 is 2.48 bits per heavy atom. The summed E-state index contributed by atoms with van der Waals surface area (Å²) in [6.07, 6.45) is 9.11. The lowest BCUT2D eigenvalue weighted by molar-refractivity contribution is -0.0135. The summed E-state index contributed by atoms with van der Waals surface area (Å²) in [7, 11) is 1.62. The minimum absolute atomic E-state index is 0.00180. The van der Waals surface area contributed by atoms with Crippen molar-refractivity contribution in [3.8, 4) is 5.75 Å². The Labute approximate surface area is 156 Å². The first-order valence-electron chi connectivity index (χ1n) is 9.00. The van der Waals surface area contributed by atoms with Gasteiger partial charge in [0.05, 0.1) is 13.3 Å². The predicted molar refractivity (Wildman–Crippen MR) is 101 cm³/mol. The Bertz CT molecular complexity index is 669. The highest BCUT2D eigenvalue weighted by Gasteiger charge is 2.51. The number of carbonyl (C=O) groups is 1. The second kappa shape index (κ2) is 6.63. The van der Waals surface area contributed by atoms with E-state index in [9.17, 15) is 4.79 Å². The molecular weight excluding hydrogens is 382 g/mol. The highest BCUT2D eigenvalue weighted by atomic mass is 79.9. The van der Waals surface area contributed by atoms with E-state index in [0.717, 1.165) is 52.8 Å². The van der Waals surface area contributed by atoms with E-state index in [0.29, 0.717) is 0 Å². The van der Waals surface area contributed by atoms with Gasteiger partial charge in [-0.25, -0.2) is 10.2 Å². The molecule has 134 valence electrons. The molecule has 4 aliphatic rings. The second-order valence-corrected chi connectivity index (χ2v) is 8.82. The first-order valence-corrected chi connectivity index (χ1v) is 9.79. The lowest BCUT2D eigenvalue weighted by Crippen LogP contribution is -2.61. The number of halogens is 1. The molecule has 6 heteroatoms. The van der Waals surface area contributed by atoms with Crippen LogP contribution in [0.3, 0.4) is 0 Å². The van der Waals surface area contributed by atoms with E-state index in [1.54, 1.807) is 13.3 Å². The van der Waals surface area contributed by atoms with E-state index in [1.807, 2.05) is 18.2 Å². The fourth-order valence-electron chi connectivity index (χ4n) is 5.50. The largest absolute Gasteiger partial charge is 0.496 e. The van der Waals surface area contributed by atoms with Gasteiger partial charge < -0.3 is 10.1 Å². The molecule has 4 fully saturated rings. The maximum atomic E-state index is 12.4. The van der Waals surface area contributed by atoms with Crippen molar-refractivity contribution in [2.24, 2.45) is 22.9 Å². The van der Waals surface area contributed by atoms with Crippen molar-refractivity contribution in [2.45, 2.75) is 44.1 Å². The van der Waals surface area contributed by atoms with Gasteiger partial charge in [0.1, 0.15) is 5.75 Å². The third-order valence-corrected chi connectivity index (χ3v) is 6.47. The molecule has 1 aromatic rings. The highest BCUT2D eigenvalue weighted by molar-refractivity contribution is 9.10. The van der Waals surface area contributed by atoms with Crippen LogP contribution in [0.25, 0.3) is 0 Å². The van der Waals surface area contributed by atoms with E-state index in [-0.39, 0.29) is 11.6 Å². The summed E-state index contributed by atoms with van der Waals surface area (Å²) in [6, 6.07) is 5.47. The predicted octanol–water partition coefficient (Wildman–Crippen LogP) is 4.06. The van der Waals surface area contributed by atoms with Crippen LogP contribution in [-0.2, 0) is 0 Å². The Morgan fingerprint density at radius 2 is 1.88 bits per heavy atom. The van der Waals surface area contributed by atoms with Crippen LogP contribution < -0.4 is 15.5 Å². The number of nitrogens with one attached hydrogen (secondary N) is 2. The quantitative estimate of drug-likeness (QED) is 0.585. The molecule has 0 spiro atoms. The first kappa shape index (κ1) is 16.9. The number of carbonyl (C=O) groups excluding carboxylic acids is 1. The van der Waals surface area contributed by atoms with Gasteiger partial charge in [-0.1, -0.05) is 15.9 Å². The average molecular weight is 406 g/mol. The Balaban J connectivity index is 1.38. The Hall–Kier alpha value is -1.56. The Kier molecular flexibility index (Phi) is 4.48. The van der Waals surface area contributed by atoms with E-state index in [1.165, 1.54) is 19.3 Å². The number of benzene rings is 1. The molecule has 2 amide bonds. The molecule has 0 aromatic heterocycles. The van der Waals surface area contributed by atoms with Crippen molar-refractivity contribution in [1.29, 1.82) is 0 Å². The highest BCUT2D eigenvalue weighted by Crippen LogP contribution is 2.55. The second-order valence-electron chi connectivity index (χ2n) is 7.91. The summed E-state index contributed by atoms with van der Waals surface area (Å²) in [5, 5.41) is 7.35. The molecule has 4 aliphatic carbocycles. The van der Waals surface area contributed by atoms with Gasteiger partial charge in [-0.05, 0) is 74.5 Å². The van der Waals surface area contributed by atoms with Crippen molar-refractivity contribution in [3.63, 3.8) is 0 Å². The molecule has 1 aromatic carbocycles. The molecule has 0 radical (unpaired) electrons. The smallest absolute Gasteiger partial charge is 0.335 e. The van der Waals surface area contributed by atoms with Gasteiger partial charge in [0, 0.05) is 15.6 Å². The van der Waals surface area contributed by atoms with Gasteiger partial charge in [0.15, 0.2) is 0 Å². The average Bonchev–Trinajstić information content (AvgIpc) is 2.53. The fraction of sp³-hybridized carbons (Fsp3) is 0.579. The maximum Gasteiger partial charge on any atom is 0.335 e. The first-order chi connectivity index (χ1) is 12.0. The minimum atomic E-state index is -0.202. The van der Waals surface area contributed by atoms with Crippen molar-refractivity contribution >= 4 is 28.2 Å². The number of urea groups is 1. The molecule has 0 heterocycles. The zero-order valence-electron chi connectivity index (χ0n) is 14.4. The van der Waals surface area contributed by atoms with Crippen molar-refractivity contribution in [3.05, 3.63) is 28.2 Å². The summed E-state index contributed by atoms with van der Waals surface area (Å²) in [6.45, 7) is 0. The molecular formula is C19H24BrN3O2. The van der Waals surface area contributed by atoms with Gasteiger partial charge in [0.2, 0.25) is 0 Å². The molecule has 25 heavy (non-hydrogen) atoms. The van der Waals surface area contributed by atoms with E-state index in [4.69, 9.17) is 4.74 Å². The van der Waals surface area contributed by atoms with Crippen LogP contribution in [0.1, 0.15) is 44.1 Å². The fourth-order valence-corrected chi connectivity index (χ4v) is 5.88. The monoisotopic (exact) mass is 405 g/mol. The number of nitrogens with zero attached hydrogens (tertiary/aromatic N) is 1. The van der Waals surface area contributed by atoms with E-state index < -0.39 is 0 Å². The standard InChI is InChI=1S/C19H24BrN3O2/c1-25-17-3-2-16(20)7-15(17)11-21-23-18(24)22-19-8-12-4-13(9-19)6-14(5-12)10-19/h2-3,7,11-14H,4-6,8-10H2,1H3,(H2,22,23,24)/b21-11-. The molecule has 5 nitrogen and oxygen atoms in total. The molecule has 2 N–H and O–H groups in total. The van der Waals surface area contributed by atoms with Crippen molar-refractivity contribution in [1.82, 2.24) is 10.7 Å². The SMILES string of the molecule is COc1ccc(Br)cc1/C=N\NC(=O)NC12CC3CC(CC(C3)C1)C2. The summed E-state index contributed by atoms with van der Waals surface area (Å²) >= 11 is 3.43.